The highest BCUT2D eigenvalue weighted by molar-refractivity contribution is 5.79. The number of rotatable bonds is 6. The van der Waals surface area contributed by atoms with E-state index in [2.05, 4.69) is 20.6 Å². The number of methoxy groups -OCH3 is 2. The molecule has 1 aromatic heterocycles. The largest absolute Gasteiger partial charge is 0.481 e. The van der Waals surface area contributed by atoms with Crippen LogP contribution < -0.4 is 15.4 Å². The molecule has 0 radical (unpaired) electrons. The Morgan fingerprint density at radius 1 is 1.30 bits per heavy atom. The molecule has 112 valence electrons. The quantitative estimate of drug-likeness (QED) is 0.605. The molecule has 0 aliphatic carbocycles. The summed E-state index contributed by atoms with van der Waals surface area (Å²) in [4.78, 5) is 8.32. The van der Waals surface area contributed by atoms with Crippen LogP contribution in [-0.2, 0) is 11.3 Å². The Labute approximate surface area is 120 Å². The Bertz CT molecular complexity index is 429. The maximum Gasteiger partial charge on any atom is 0.212 e. The molecule has 0 fully saturated rings. The number of hydrogen-bond donors (Lipinski definition) is 2. The van der Waals surface area contributed by atoms with Crippen molar-refractivity contribution in [3.05, 3.63) is 23.9 Å². The lowest BCUT2D eigenvalue weighted by Crippen LogP contribution is -2.45. The minimum Gasteiger partial charge on any atom is -0.481 e. The number of nitrogens with one attached hydrogen (secondary N) is 2. The molecule has 0 bridgehead atoms. The zero-order valence-electron chi connectivity index (χ0n) is 12.9. The minimum atomic E-state index is -0.237. The second-order valence-corrected chi connectivity index (χ2v) is 4.95. The number of hydrogen-bond acceptors (Lipinski definition) is 4. The van der Waals surface area contributed by atoms with Crippen LogP contribution in [0, 0.1) is 0 Å². The summed E-state index contributed by atoms with van der Waals surface area (Å²) in [6.45, 7) is 5.34. The van der Waals surface area contributed by atoms with Gasteiger partial charge in [0.25, 0.3) is 0 Å². The van der Waals surface area contributed by atoms with Gasteiger partial charge >= 0.3 is 0 Å². The minimum absolute atomic E-state index is 0.237. The SMILES string of the molecule is CN=C(NCc1ccc(OC)nc1)NCC(C)(C)OC. The fourth-order valence-corrected chi connectivity index (χ4v) is 1.41. The molecule has 0 aliphatic rings. The highest BCUT2D eigenvalue weighted by Gasteiger charge is 2.16. The van der Waals surface area contributed by atoms with Crippen LogP contribution in [0.4, 0.5) is 0 Å². The number of guanidine groups is 1. The fourth-order valence-electron chi connectivity index (χ4n) is 1.41. The number of pyridine rings is 1. The first-order chi connectivity index (χ1) is 9.50. The highest BCUT2D eigenvalue weighted by atomic mass is 16.5. The molecule has 6 heteroatoms. The van der Waals surface area contributed by atoms with Crippen LogP contribution in [-0.4, -0.2) is 44.4 Å². The summed E-state index contributed by atoms with van der Waals surface area (Å²) in [5, 5.41) is 6.44. The first kappa shape index (κ1) is 16.2. The van der Waals surface area contributed by atoms with Gasteiger partial charge in [0, 0.05) is 39.5 Å². The lowest BCUT2D eigenvalue weighted by Gasteiger charge is -2.24. The maximum atomic E-state index is 5.35. The summed E-state index contributed by atoms with van der Waals surface area (Å²) < 4.78 is 10.4. The second-order valence-electron chi connectivity index (χ2n) is 4.95. The van der Waals surface area contributed by atoms with E-state index in [4.69, 9.17) is 9.47 Å². The van der Waals surface area contributed by atoms with E-state index in [1.54, 1.807) is 27.5 Å². The zero-order chi connectivity index (χ0) is 15.0. The Kier molecular flexibility index (Phi) is 6.24. The van der Waals surface area contributed by atoms with Gasteiger partial charge in [-0.05, 0) is 19.4 Å². The Hall–Kier alpha value is -1.82. The van der Waals surface area contributed by atoms with Gasteiger partial charge in [-0.3, -0.25) is 4.99 Å². The summed E-state index contributed by atoms with van der Waals surface area (Å²) in [6.07, 6.45) is 1.78. The molecule has 0 aromatic carbocycles. The van der Waals surface area contributed by atoms with E-state index in [9.17, 15) is 0 Å². The van der Waals surface area contributed by atoms with Crippen LogP contribution in [0.2, 0.25) is 0 Å². The van der Waals surface area contributed by atoms with E-state index < -0.39 is 0 Å². The lowest BCUT2D eigenvalue weighted by atomic mass is 10.1. The van der Waals surface area contributed by atoms with E-state index in [1.165, 1.54) is 0 Å². The van der Waals surface area contributed by atoms with Gasteiger partial charge in [0.15, 0.2) is 5.96 Å². The van der Waals surface area contributed by atoms with Crippen molar-refractivity contribution in [2.45, 2.75) is 26.0 Å². The molecular formula is C14H24N4O2. The smallest absolute Gasteiger partial charge is 0.212 e. The van der Waals surface area contributed by atoms with E-state index in [1.807, 2.05) is 26.0 Å². The Morgan fingerprint density at radius 2 is 2.05 bits per heavy atom. The fraction of sp³-hybridized carbons (Fsp3) is 0.571. The van der Waals surface area contributed by atoms with Gasteiger partial charge in [0.2, 0.25) is 5.88 Å². The van der Waals surface area contributed by atoms with Gasteiger partial charge in [0.1, 0.15) is 0 Å². The molecule has 20 heavy (non-hydrogen) atoms. The molecule has 0 saturated heterocycles. The molecule has 0 unspecified atom stereocenters. The van der Waals surface area contributed by atoms with Gasteiger partial charge in [-0.15, -0.1) is 0 Å². The normalized spacial score (nSPS) is 12.2. The molecule has 2 N–H and O–H groups in total. The third-order valence-corrected chi connectivity index (χ3v) is 2.92. The highest BCUT2D eigenvalue weighted by Crippen LogP contribution is 2.06. The van der Waals surface area contributed by atoms with Crippen molar-refractivity contribution >= 4 is 5.96 Å². The van der Waals surface area contributed by atoms with Crippen molar-refractivity contribution in [2.75, 3.05) is 27.8 Å². The third-order valence-electron chi connectivity index (χ3n) is 2.92. The van der Waals surface area contributed by atoms with E-state index in [0.29, 0.717) is 19.0 Å². The topological polar surface area (TPSA) is 67.8 Å². The molecule has 0 amide bonds. The average Bonchev–Trinajstić information content (AvgIpc) is 2.48. The van der Waals surface area contributed by atoms with Crippen molar-refractivity contribution < 1.29 is 9.47 Å². The van der Waals surface area contributed by atoms with Crippen LogP contribution >= 0.6 is 0 Å². The molecule has 6 nitrogen and oxygen atoms in total. The summed E-state index contributed by atoms with van der Waals surface area (Å²) >= 11 is 0. The van der Waals surface area contributed by atoms with E-state index in [0.717, 1.165) is 11.5 Å². The maximum absolute atomic E-state index is 5.35. The van der Waals surface area contributed by atoms with Crippen molar-refractivity contribution in [2.24, 2.45) is 4.99 Å². The number of ether oxygens (including phenoxy) is 2. The van der Waals surface area contributed by atoms with Crippen LogP contribution in [0.1, 0.15) is 19.4 Å². The molecule has 0 saturated carbocycles. The summed E-state index contributed by atoms with van der Waals surface area (Å²) in [5.41, 5.74) is 0.819. The van der Waals surface area contributed by atoms with Gasteiger partial charge < -0.3 is 20.1 Å². The van der Waals surface area contributed by atoms with Crippen molar-refractivity contribution in [1.82, 2.24) is 15.6 Å². The number of aromatic nitrogens is 1. The van der Waals surface area contributed by atoms with E-state index >= 15 is 0 Å². The molecule has 1 aromatic rings. The first-order valence-electron chi connectivity index (χ1n) is 6.49. The monoisotopic (exact) mass is 280 g/mol. The van der Waals surface area contributed by atoms with Crippen LogP contribution in [0.3, 0.4) is 0 Å². The van der Waals surface area contributed by atoms with E-state index in [-0.39, 0.29) is 5.60 Å². The van der Waals surface area contributed by atoms with Gasteiger partial charge in [0.05, 0.1) is 12.7 Å². The molecule has 0 aliphatic heterocycles. The molecular weight excluding hydrogens is 256 g/mol. The third kappa shape index (κ3) is 5.44. The molecule has 1 heterocycles. The molecule has 0 atom stereocenters. The number of aliphatic imine (C=N–C) groups is 1. The Morgan fingerprint density at radius 3 is 2.55 bits per heavy atom. The predicted octanol–water partition coefficient (Wildman–Crippen LogP) is 1.18. The standard InChI is InChI=1S/C14H24N4O2/c1-14(2,20-5)10-18-13(15-3)17-9-11-6-7-12(19-4)16-8-11/h6-8H,9-10H2,1-5H3,(H2,15,17,18). The predicted molar refractivity (Wildman–Crippen MR) is 80.1 cm³/mol. The average molecular weight is 280 g/mol. The lowest BCUT2D eigenvalue weighted by molar-refractivity contribution is 0.0268. The van der Waals surface area contributed by atoms with Gasteiger partial charge in [-0.25, -0.2) is 4.98 Å². The summed E-state index contributed by atoms with van der Waals surface area (Å²) in [7, 11) is 5.03. The van der Waals surface area contributed by atoms with Crippen molar-refractivity contribution in [3.8, 4) is 5.88 Å². The van der Waals surface area contributed by atoms with Crippen molar-refractivity contribution in [3.63, 3.8) is 0 Å². The molecule has 0 spiro atoms. The summed E-state index contributed by atoms with van der Waals surface area (Å²) in [6, 6.07) is 3.80. The second kappa shape index (κ2) is 7.69. The Balaban J connectivity index is 2.45. The van der Waals surface area contributed by atoms with Crippen molar-refractivity contribution in [1.29, 1.82) is 0 Å². The van der Waals surface area contributed by atoms with Gasteiger partial charge in [-0.1, -0.05) is 6.07 Å². The molecule has 1 rings (SSSR count). The summed E-state index contributed by atoms with van der Waals surface area (Å²) in [5.74, 6) is 1.34. The van der Waals surface area contributed by atoms with Crippen LogP contribution in [0.15, 0.2) is 23.3 Å². The van der Waals surface area contributed by atoms with Crippen LogP contribution in [0.5, 0.6) is 5.88 Å². The van der Waals surface area contributed by atoms with Crippen LogP contribution in [0.25, 0.3) is 0 Å². The zero-order valence-corrected chi connectivity index (χ0v) is 12.9. The van der Waals surface area contributed by atoms with Gasteiger partial charge in [-0.2, -0.15) is 0 Å². The number of nitrogens with zero attached hydrogens (tertiary/aromatic N) is 2. The first-order valence-corrected chi connectivity index (χ1v) is 6.49.